The summed E-state index contributed by atoms with van der Waals surface area (Å²) in [4.78, 5) is 46.3. The van der Waals surface area contributed by atoms with Crippen molar-refractivity contribution in [3.05, 3.63) is 83.6 Å². The molecule has 41 heavy (non-hydrogen) atoms. The van der Waals surface area contributed by atoms with E-state index in [1.165, 1.54) is 6.42 Å². The van der Waals surface area contributed by atoms with Crippen molar-refractivity contribution in [2.75, 3.05) is 17.3 Å². The number of aromatic nitrogens is 1. The van der Waals surface area contributed by atoms with E-state index in [1.54, 1.807) is 36.4 Å². The lowest BCUT2D eigenvalue weighted by Gasteiger charge is -2.34. The first kappa shape index (κ1) is 29.8. The van der Waals surface area contributed by atoms with Gasteiger partial charge >= 0.3 is 0 Å². The number of ether oxygens (including phenoxy) is 1. The van der Waals surface area contributed by atoms with E-state index in [0.29, 0.717) is 29.2 Å². The second-order valence-electron chi connectivity index (χ2n) is 10.7. The molecular formula is C33H40N4O4. The molecule has 3 aromatic rings. The summed E-state index contributed by atoms with van der Waals surface area (Å²) < 4.78 is 5.35. The van der Waals surface area contributed by atoms with Crippen LogP contribution in [0.2, 0.25) is 0 Å². The van der Waals surface area contributed by atoms with Gasteiger partial charge in [0.05, 0.1) is 7.11 Å². The number of hydrogen-bond donors (Lipinski definition) is 2. The molecule has 1 heterocycles. The average Bonchev–Trinajstić information content (AvgIpc) is 2.97. The first-order valence-corrected chi connectivity index (χ1v) is 14.4. The molecule has 8 heteroatoms. The predicted octanol–water partition coefficient (Wildman–Crippen LogP) is 6.04. The van der Waals surface area contributed by atoms with Gasteiger partial charge < -0.3 is 15.4 Å². The van der Waals surface area contributed by atoms with Gasteiger partial charge in [-0.2, -0.15) is 0 Å². The Labute approximate surface area is 242 Å². The van der Waals surface area contributed by atoms with Crippen molar-refractivity contribution in [2.45, 2.75) is 77.3 Å². The highest BCUT2D eigenvalue weighted by Crippen LogP contribution is 2.33. The molecule has 1 fully saturated rings. The minimum absolute atomic E-state index is 0.0864. The SMILES string of the molecule is COc1ccc(C(C(=O)NC2CCCCC2)N(C(=O)CCCC(=O)Nc2ccccn2)c2ccc(C)cc2C)cc1. The Bertz CT molecular complexity index is 1320. The van der Waals surface area contributed by atoms with Crippen molar-refractivity contribution in [1.29, 1.82) is 0 Å². The van der Waals surface area contributed by atoms with Crippen LogP contribution >= 0.6 is 0 Å². The fourth-order valence-corrected chi connectivity index (χ4v) is 5.39. The third-order valence-corrected chi connectivity index (χ3v) is 7.50. The van der Waals surface area contributed by atoms with Gasteiger partial charge in [-0.15, -0.1) is 0 Å². The fourth-order valence-electron chi connectivity index (χ4n) is 5.39. The molecule has 1 aliphatic rings. The number of pyridine rings is 1. The summed E-state index contributed by atoms with van der Waals surface area (Å²) in [6.45, 7) is 3.95. The highest BCUT2D eigenvalue weighted by molar-refractivity contribution is 6.02. The Hall–Kier alpha value is -4.20. The van der Waals surface area contributed by atoms with Gasteiger partial charge in [0.2, 0.25) is 17.7 Å². The molecule has 216 valence electrons. The summed E-state index contributed by atoms with van der Waals surface area (Å²) in [6.07, 6.45) is 7.41. The topological polar surface area (TPSA) is 101 Å². The molecule has 0 spiro atoms. The van der Waals surface area contributed by atoms with Crippen LogP contribution in [-0.4, -0.2) is 35.9 Å². The Balaban J connectivity index is 1.61. The van der Waals surface area contributed by atoms with Crippen molar-refractivity contribution in [3.63, 3.8) is 0 Å². The van der Waals surface area contributed by atoms with Crippen LogP contribution in [0.3, 0.4) is 0 Å². The molecule has 0 aliphatic heterocycles. The number of nitrogens with one attached hydrogen (secondary N) is 2. The first-order chi connectivity index (χ1) is 19.9. The smallest absolute Gasteiger partial charge is 0.248 e. The lowest BCUT2D eigenvalue weighted by molar-refractivity contribution is -0.127. The quantitative estimate of drug-likeness (QED) is 0.300. The first-order valence-electron chi connectivity index (χ1n) is 14.4. The largest absolute Gasteiger partial charge is 0.497 e. The number of aryl methyl sites for hydroxylation is 2. The molecule has 3 amide bonds. The second-order valence-corrected chi connectivity index (χ2v) is 10.7. The van der Waals surface area contributed by atoms with E-state index >= 15 is 0 Å². The maximum Gasteiger partial charge on any atom is 0.248 e. The van der Waals surface area contributed by atoms with E-state index in [2.05, 4.69) is 15.6 Å². The average molecular weight is 557 g/mol. The van der Waals surface area contributed by atoms with Crippen molar-refractivity contribution >= 4 is 29.2 Å². The molecule has 0 saturated heterocycles. The number of anilines is 2. The van der Waals surface area contributed by atoms with Crippen LogP contribution in [0.1, 0.15) is 74.1 Å². The highest BCUT2D eigenvalue weighted by Gasteiger charge is 2.34. The van der Waals surface area contributed by atoms with E-state index in [1.807, 2.05) is 56.3 Å². The number of carbonyl (C=O) groups excluding carboxylic acids is 3. The van der Waals surface area contributed by atoms with Gasteiger partial charge in [-0.3, -0.25) is 19.3 Å². The number of benzene rings is 2. The molecule has 8 nitrogen and oxygen atoms in total. The third kappa shape index (κ3) is 8.16. The van der Waals surface area contributed by atoms with Crippen molar-refractivity contribution < 1.29 is 19.1 Å². The van der Waals surface area contributed by atoms with Gasteiger partial charge in [0.1, 0.15) is 17.6 Å². The summed E-state index contributed by atoms with van der Waals surface area (Å²) in [5.41, 5.74) is 3.34. The van der Waals surface area contributed by atoms with E-state index in [0.717, 1.165) is 36.8 Å². The van der Waals surface area contributed by atoms with Crippen LogP contribution in [0.4, 0.5) is 11.5 Å². The number of carbonyl (C=O) groups is 3. The predicted molar refractivity (Wildman–Crippen MR) is 161 cm³/mol. The molecule has 1 aromatic heterocycles. The van der Waals surface area contributed by atoms with E-state index in [-0.39, 0.29) is 36.6 Å². The Morgan fingerprint density at radius 2 is 1.73 bits per heavy atom. The normalized spacial score (nSPS) is 14.1. The van der Waals surface area contributed by atoms with Gasteiger partial charge in [0.15, 0.2) is 0 Å². The lowest BCUT2D eigenvalue weighted by atomic mass is 9.94. The number of methoxy groups -OCH3 is 1. The standard InChI is InChI=1S/C33H40N4O4/c1-23-15-20-28(24(2)22-23)37(31(39)14-9-13-30(38)36-29-12-7-8-21-34-29)32(25-16-18-27(41-3)19-17-25)33(40)35-26-10-5-4-6-11-26/h7-8,12,15-22,26,32H,4-6,9-11,13-14H2,1-3H3,(H,35,40)(H,34,36,38). The van der Waals surface area contributed by atoms with Gasteiger partial charge in [-0.1, -0.05) is 55.2 Å². The fraction of sp³-hybridized carbons (Fsp3) is 0.394. The number of amides is 3. The molecule has 2 aromatic carbocycles. The zero-order chi connectivity index (χ0) is 29.2. The molecule has 2 N–H and O–H groups in total. The van der Waals surface area contributed by atoms with Gasteiger partial charge in [-0.25, -0.2) is 4.98 Å². The summed E-state index contributed by atoms with van der Waals surface area (Å²) in [5, 5.41) is 6.01. The zero-order valence-corrected chi connectivity index (χ0v) is 24.2. The minimum Gasteiger partial charge on any atom is -0.497 e. The molecule has 0 radical (unpaired) electrons. The maximum absolute atomic E-state index is 14.0. The van der Waals surface area contributed by atoms with Crippen molar-refractivity contribution in [3.8, 4) is 5.75 Å². The lowest BCUT2D eigenvalue weighted by Crippen LogP contribution is -2.47. The Kier molecular flexibility index (Phi) is 10.5. The summed E-state index contributed by atoms with van der Waals surface area (Å²) in [7, 11) is 1.60. The van der Waals surface area contributed by atoms with Crippen molar-refractivity contribution in [1.82, 2.24) is 10.3 Å². The van der Waals surface area contributed by atoms with Crippen molar-refractivity contribution in [2.24, 2.45) is 0 Å². The number of rotatable bonds is 11. The van der Waals surface area contributed by atoms with Gasteiger partial charge in [-0.05, 0) is 74.6 Å². The minimum atomic E-state index is -0.876. The molecule has 4 rings (SSSR count). The number of hydrogen-bond acceptors (Lipinski definition) is 5. The third-order valence-electron chi connectivity index (χ3n) is 7.50. The molecule has 1 unspecified atom stereocenters. The second kappa shape index (κ2) is 14.4. The monoisotopic (exact) mass is 556 g/mol. The van der Waals surface area contributed by atoms with Crippen LogP contribution in [0.15, 0.2) is 66.9 Å². The molecular weight excluding hydrogens is 516 g/mol. The molecule has 1 aliphatic carbocycles. The summed E-state index contributed by atoms with van der Waals surface area (Å²) >= 11 is 0. The Morgan fingerprint density at radius 1 is 0.976 bits per heavy atom. The highest BCUT2D eigenvalue weighted by atomic mass is 16.5. The van der Waals surface area contributed by atoms with Crippen LogP contribution in [0, 0.1) is 13.8 Å². The van der Waals surface area contributed by atoms with Gasteiger partial charge in [0.25, 0.3) is 0 Å². The molecule has 1 saturated carbocycles. The Morgan fingerprint density at radius 3 is 2.39 bits per heavy atom. The number of nitrogens with zero attached hydrogens (tertiary/aromatic N) is 2. The molecule has 0 bridgehead atoms. The van der Waals surface area contributed by atoms with Crippen LogP contribution in [0.5, 0.6) is 5.75 Å². The van der Waals surface area contributed by atoms with E-state index < -0.39 is 6.04 Å². The summed E-state index contributed by atoms with van der Waals surface area (Å²) in [6, 6.07) is 17.7. The summed E-state index contributed by atoms with van der Waals surface area (Å²) in [5.74, 6) is 0.505. The van der Waals surface area contributed by atoms with Crippen LogP contribution in [0.25, 0.3) is 0 Å². The van der Waals surface area contributed by atoms with Crippen LogP contribution in [-0.2, 0) is 14.4 Å². The van der Waals surface area contributed by atoms with Crippen LogP contribution < -0.4 is 20.3 Å². The molecule has 1 atom stereocenters. The van der Waals surface area contributed by atoms with E-state index in [9.17, 15) is 14.4 Å². The zero-order valence-electron chi connectivity index (χ0n) is 24.2. The van der Waals surface area contributed by atoms with Gasteiger partial charge in [0, 0.05) is 30.8 Å². The van der Waals surface area contributed by atoms with E-state index in [4.69, 9.17) is 4.74 Å². The maximum atomic E-state index is 14.0.